The molecule has 0 aliphatic rings. The van der Waals surface area contributed by atoms with Crippen LogP contribution in [0.5, 0.6) is 5.75 Å². The fourth-order valence-electron chi connectivity index (χ4n) is 3.31. The lowest BCUT2D eigenvalue weighted by molar-refractivity contribution is -0.115. The maximum atomic E-state index is 13.0. The summed E-state index contributed by atoms with van der Waals surface area (Å²) in [7, 11) is -3.97. The Kier molecular flexibility index (Phi) is 8.33. The lowest BCUT2D eigenvalue weighted by atomic mass is 10.2. The van der Waals surface area contributed by atoms with Crippen molar-refractivity contribution in [2.75, 3.05) is 10.6 Å². The Labute approximate surface area is 217 Å². The van der Waals surface area contributed by atoms with E-state index in [2.05, 4.69) is 10.6 Å². The van der Waals surface area contributed by atoms with E-state index in [0.717, 1.165) is 11.6 Å². The zero-order valence-corrected chi connectivity index (χ0v) is 21.7. The molecule has 0 heterocycles. The number of amides is 2. The van der Waals surface area contributed by atoms with Crippen LogP contribution in [0.1, 0.15) is 29.3 Å². The number of phenols is 1. The zero-order valence-electron chi connectivity index (χ0n) is 18.6. The lowest BCUT2D eigenvalue weighted by Gasteiger charge is -2.18. The first-order chi connectivity index (χ1) is 16.4. The van der Waals surface area contributed by atoms with Gasteiger partial charge in [-0.05, 0) is 55.3 Å². The Morgan fingerprint density at radius 1 is 0.914 bits per heavy atom. The first-order valence-electron chi connectivity index (χ1n) is 10.3. The van der Waals surface area contributed by atoms with Crippen LogP contribution in [0, 0.1) is 6.92 Å². The summed E-state index contributed by atoms with van der Waals surface area (Å²) < 4.78 is 26.1. The monoisotopic (exact) mass is 554 g/mol. The van der Waals surface area contributed by atoms with E-state index < -0.39 is 32.7 Å². The third-order valence-corrected chi connectivity index (χ3v) is 8.39. The van der Waals surface area contributed by atoms with E-state index in [1.165, 1.54) is 36.4 Å². The summed E-state index contributed by atoms with van der Waals surface area (Å²) in [6.07, 6.45) is 0.0174. The van der Waals surface area contributed by atoms with E-state index in [1.807, 2.05) is 0 Å². The number of carbonyl (C=O) groups is 2. The number of hydrogen-bond donors (Lipinski definition) is 3. The van der Waals surface area contributed by atoms with Gasteiger partial charge in [0.15, 0.2) is 9.84 Å². The second kappa shape index (κ2) is 10.9. The molecule has 0 saturated carbocycles. The highest BCUT2D eigenvalue weighted by Crippen LogP contribution is 2.35. The molecule has 1 atom stereocenters. The van der Waals surface area contributed by atoms with E-state index in [4.69, 9.17) is 34.8 Å². The SMILES string of the molecule is CCC(C(=O)Nc1cc(O)c(NC(=O)c2ccc(Cl)c(Cl)c2)cc1Cl)S(=O)(=O)c1cccc(C)c1. The molecule has 0 radical (unpaired) electrons. The minimum absolute atomic E-state index is 0.0143. The van der Waals surface area contributed by atoms with Gasteiger partial charge in [-0.15, -0.1) is 0 Å². The molecule has 0 aromatic heterocycles. The van der Waals surface area contributed by atoms with Crippen molar-refractivity contribution >= 4 is 67.8 Å². The number of phenolic OH excluding ortho intramolecular Hbond substituents is 1. The van der Waals surface area contributed by atoms with Gasteiger partial charge in [0, 0.05) is 11.6 Å². The molecule has 0 aliphatic heterocycles. The standard InChI is InChI=1S/C24H21Cl3N2O5S/c1-3-22(35(33,34)15-6-4-5-13(2)9-15)24(32)28-19-12-21(30)20(11-18(19)27)29-23(31)14-7-8-16(25)17(26)10-14/h4-12,22,30H,3H2,1-2H3,(H,28,32)(H,29,31). The van der Waals surface area contributed by atoms with Crippen LogP contribution in [0.3, 0.4) is 0 Å². The fraction of sp³-hybridized carbons (Fsp3) is 0.167. The first-order valence-corrected chi connectivity index (χ1v) is 13.0. The van der Waals surface area contributed by atoms with Gasteiger partial charge in [-0.3, -0.25) is 9.59 Å². The number of nitrogens with one attached hydrogen (secondary N) is 2. The van der Waals surface area contributed by atoms with E-state index >= 15 is 0 Å². The maximum absolute atomic E-state index is 13.0. The van der Waals surface area contributed by atoms with Crippen LogP contribution in [-0.2, 0) is 14.6 Å². The number of carbonyl (C=O) groups excluding carboxylic acids is 2. The first kappa shape index (κ1) is 26.8. The van der Waals surface area contributed by atoms with Gasteiger partial charge >= 0.3 is 0 Å². The average Bonchev–Trinajstić information content (AvgIpc) is 2.79. The Morgan fingerprint density at radius 2 is 1.63 bits per heavy atom. The van der Waals surface area contributed by atoms with Crippen molar-refractivity contribution in [3.63, 3.8) is 0 Å². The Balaban J connectivity index is 1.81. The van der Waals surface area contributed by atoms with Crippen molar-refractivity contribution in [3.05, 3.63) is 80.8 Å². The number of aryl methyl sites for hydroxylation is 1. The molecule has 3 aromatic carbocycles. The quantitative estimate of drug-likeness (QED) is 0.305. The van der Waals surface area contributed by atoms with Crippen molar-refractivity contribution in [1.29, 1.82) is 0 Å². The second-order valence-corrected chi connectivity index (χ2v) is 11.0. The van der Waals surface area contributed by atoms with Crippen molar-refractivity contribution in [1.82, 2.24) is 0 Å². The molecule has 3 rings (SSSR count). The molecule has 0 bridgehead atoms. The topological polar surface area (TPSA) is 113 Å². The highest BCUT2D eigenvalue weighted by atomic mass is 35.5. The van der Waals surface area contributed by atoms with Gasteiger partial charge < -0.3 is 15.7 Å². The summed E-state index contributed by atoms with van der Waals surface area (Å²) in [6.45, 7) is 3.34. The molecule has 35 heavy (non-hydrogen) atoms. The summed E-state index contributed by atoms with van der Waals surface area (Å²) in [6, 6.07) is 12.9. The smallest absolute Gasteiger partial charge is 0.255 e. The molecular weight excluding hydrogens is 535 g/mol. The van der Waals surface area contributed by atoms with E-state index in [9.17, 15) is 23.1 Å². The summed E-state index contributed by atoms with van der Waals surface area (Å²) >= 11 is 18.1. The molecule has 184 valence electrons. The van der Waals surface area contributed by atoms with Crippen molar-refractivity contribution < 1.29 is 23.1 Å². The number of anilines is 2. The van der Waals surface area contributed by atoms with E-state index in [-0.39, 0.29) is 43.3 Å². The van der Waals surface area contributed by atoms with Crippen LogP contribution < -0.4 is 10.6 Å². The molecule has 1 unspecified atom stereocenters. The highest BCUT2D eigenvalue weighted by Gasteiger charge is 2.33. The van der Waals surface area contributed by atoms with Crippen molar-refractivity contribution in [2.24, 2.45) is 0 Å². The molecule has 0 fully saturated rings. The van der Waals surface area contributed by atoms with Gasteiger partial charge in [-0.25, -0.2) is 8.42 Å². The summed E-state index contributed by atoms with van der Waals surface area (Å²) in [4.78, 5) is 25.4. The van der Waals surface area contributed by atoms with Gasteiger partial charge in [0.05, 0.1) is 31.3 Å². The van der Waals surface area contributed by atoms with Crippen molar-refractivity contribution in [3.8, 4) is 5.75 Å². The third kappa shape index (κ3) is 6.08. The van der Waals surface area contributed by atoms with E-state index in [1.54, 1.807) is 26.0 Å². The van der Waals surface area contributed by atoms with Crippen LogP contribution in [0.25, 0.3) is 0 Å². The molecule has 3 aromatic rings. The minimum atomic E-state index is -3.97. The maximum Gasteiger partial charge on any atom is 0.255 e. The summed E-state index contributed by atoms with van der Waals surface area (Å²) in [5.74, 6) is -1.78. The number of hydrogen-bond acceptors (Lipinski definition) is 5. The van der Waals surface area contributed by atoms with Crippen LogP contribution in [0.4, 0.5) is 11.4 Å². The van der Waals surface area contributed by atoms with Crippen LogP contribution >= 0.6 is 34.8 Å². The molecule has 0 spiro atoms. The second-order valence-electron chi connectivity index (χ2n) is 7.68. The molecule has 0 saturated heterocycles. The number of rotatable bonds is 7. The predicted octanol–water partition coefficient (Wildman–Crippen LogP) is 6.10. The third-order valence-electron chi connectivity index (χ3n) is 5.13. The Morgan fingerprint density at radius 3 is 2.26 bits per heavy atom. The Hall–Kier alpha value is -2.78. The van der Waals surface area contributed by atoms with Crippen LogP contribution in [0.15, 0.2) is 59.5 Å². The molecule has 0 aliphatic carbocycles. The number of benzene rings is 3. The van der Waals surface area contributed by atoms with Crippen LogP contribution in [0.2, 0.25) is 15.1 Å². The molecule has 11 heteroatoms. The minimum Gasteiger partial charge on any atom is -0.506 e. The highest BCUT2D eigenvalue weighted by molar-refractivity contribution is 7.92. The average molecular weight is 556 g/mol. The fourth-order valence-corrected chi connectivity index (χ4v) is 5.54. The molecular formula is C24H21Cl3N2O5S. The number of aromatic hydroxyl groups is 1. The van der Waals surface area contributed by atoms with Gasteiger partial charge in [0.2, 0.25) is 5.91 Å². The van der Waals surface area contributed by atoms with Gasteiger partial charge in [-0.1, -0.05) is 53.9 Å². The van der Waals surface area contributed by atoms with Gasteiger partial charge in [0.1, 0.15) is 11.0 Å². The van der Waals surface area contributed by atoms with Crippen LogP contribution in [-0.4, -0.2) is 30.6 Å². The number of halogens is 3. The largest absolute Gasteiger partial charge is 0.506 e. The molecule has 2 amide bonds. The van der Waals surface area contributed by atoms with E-state index in [0.29, 0.717) is 0 Å². The summed E-state index contributed by atoms with van der Waals surface area (Å²) in [5.41, 5.74) is 0.898. The lowest BCUT2D eigenvalue weighted by Crippen LogP contribution is -2.34. The molecule has 3 N–H and O–H groups in total. The predicted molar refractivity (Wildman–Crippen MR) is 139 cm³/mol. The van der Waals surface area contributed by atoms with Gasteiger partial charge in [0.25, 0.3) is 5.91 Å². The van der Waals surface area contributed by atoms with Gasteiger partial charge in [-0.2, -0.15) is 0 Å². The Bertz CT molecular complexity index is 1410. The normalized spacial score (nSPS) is 12.1. The van der Waals surface area contributed by atoms with Crippen molar-refractivity contribution in [2.45, 2.75) is 30.4 Å². The number of sulfone groups is 1. The zero-order chi connectivity index (χ0) is 25.9. The molecule has 7 nitrogen and oxygen atoms in total. The summed E-state index contributed by atoms with van der Waals surface area (Å²) in [5, 5.41) is 14.4.